The summed E-state index contributed by atoms with van der Waals surface area (Å²) in [7, 11) is -3.09. The third-order valence-corrected chi connectivity index (χ3v) is 4.55. The van der Waals surface area contributed by atoms with E-state index in [0.29, 0.717) is 11.9 Å². The zero-order chi connectivity index (χ0) is 10.0. The Kier molecular flexibility index (Phi) is 2.55. The van der Waals surface area contributed by atoms with Crippen molar-refractivity contribution in [1.29, 1.82) is 0 Å². The van der Waals surface area contributed by atoms with Gasteiger partial charge in [-0.15, -0.1) is 0 Å². The summed E-state index contributed by atoms with van der Waals surface area (Å²) in [5.41, 5.74) is 0. The summed E-state index contributed by atoms with van der Waals surface area (Å²) < 4.78 is 17.4. The fourth-order valence-corrected chi connectivity index (χ4v) is 3.23. The number of aliphatic hydroxyl groups excluding tert-OH is 1. The standard InChI is InChI=1S/C10H11O3P/c11-10-7-4-8-13-14(10,12)9-5-2-1-3-6-9/h1-7,10-11H,8H2. The zero-order valence-corrected chi connectivity index (χ0v) is 8.43. The highest BCUT2D eigenvalue weighted by atomic mass is 31.2. The fourth-order valence-electron chi connectivity index (χ4n) is 1.38. The van der Waals surface area contributed by atoms with Crippen molar-refractivity contribution in [3.05, 3.63) is 42.5 Å². The highest BCUT2D eigenvalue weighted by molar-refractivity contribution is 7.67. The molecular weight excluding hydrogens is 199 g/mol. The molecule has 2 atom stereocenters. The van der Waals surface area contributed by atoms with E-state index < -0.39 is 13.2 Å². The van der Waals surface area contributed by atoms with Gasteiger partial charge < -0.3 is 9.63 Å². The van der Waals surface area contributed by atoms with Crippen molar-refractivity contribution in [2.24, 2.45) is 0 Å². The minimum absolute atomic E-state index is 0.295. The Morgan fingerprint density at radius 2 is 2.07 bits per heavy atom. The van der Waals surface area contributed by atoms with Crippen LogP contribution in [-0.4, -0.2) is 17.6 Å². The van der Waals surface area contributed by atoms with Crippen LogP contribution in [0.2, 0.25) is 0 Å². The van der Waals surface area contributed by atoms with Gasteiger partial charge in [-0.25, -0.2) is 0 Å². The molecule has 0 amide bonds. The van der Waals surface area contributed by atoms with Crippen molar-refractivity contribution in [3.8, 4) is 0 Å². The topological polar surface area (TPSA) is 46.5 Å². The molecule has 0 aliphatic carbocycles. The minimum Gasteiger partial charge on any atom is -0.378 e. The highest BCUT2D eigenvalue weighted by Crippen LogP contribution is 2.51. The van der Waals surface area contributed by atoms with Crippen molar-refractivity contribution < 1.29 is 14.2 Å². The summed E-state index contributed by atoms with van der Waals surface area (Å²) in [6.45, 7) is 0.295. The number of benzene rings is 1. The van der Waals surface area contributed by atoms with Crippen LogP contribution in [0.25, 0.3) is 0 Å². The van der Waals surface area contributed by atoms with E-state index in [2.05, 4.69) is 0 Å². The molecule has 0 saturated carbocycles. The van der Waals surface area contributed by atoms with Gasteiger partial charge in [-0.1, -0.05) is 24.3 Å². The maximum absolute atomic E-state index is 12.2. The first kappa shape index (κ1) is 9.66. The Morgan fingerprint density at radius 1 is 1.36 bits per heavy atom. The third-order valence-electron chi connectivity index (χ3n) is 2.14. The molecule has 4 heteroatoms. The Morgan fingerprint density at radius 3 is 2.71 bits per heavy atom. The Balaban J connectivity index is 2.42. The van der Waals surface area contributed by atoms with Gasteiger partial charge in [0.2, 0.25) is 0 Å². The largest absolute Gasteiger partial charge is 0.378 e. The number of hydrogen-bond acceptors (Lipinski definition) is 3. The summed E-state index contributed by atoms with van der Waals surface area (Å²) >= 11 is 0. The fraction of sp³-hybridized carbons (Fsp3) is 0.200. The predicted octanol–water partition coefficient (Wildman–Crippen LogP) is 1.49. The normalized spacial score (nSPS) is 31.6. The molecule has 3 nitrogen and oxygen atoms in total. The molecule has 14 heavy (non-hydrogen) atoms. The quantitative estimate of drug-likeness (QED) is 0.564. The molecule has 74 valence electrons. The van der Waals surface area contributed by atoms with Gasteiger partial charge >= 0.3 is 0 Å². The van der Waals surface area contributed by atoms with Crippen molar-refractivity contribution >= 4 is 12.7 Å². The Hall–Kier alpha value is -0.890. The van der Waals surface area contributed by atoms with E-state index in [1.165, 1.54) is 6.08 Å². The molecule has 1 aliphatic heterocycles. The molecule has 0 aromatic heterocycles. The monoisotopic (exact) mass is 210 g/mol. The molecule has 2 rings (SSSR count). The lowest BCUT2D eigenvalue weighted by molar-refractivity contribution is 0.243. The highest BCUT2D eigenvalue weighted by Gasteiger charge is 2.34. The zero-order valence-electron chi connectivity index (χ0n) is 7.54. The molecule has 2 unspecified atom stereocenters. The van der Waals surface area contributed by atoms with Crippen LogP contribution in [0.1, 0.15) is 0 Å². The van der Waals surface area contributed by atoms with E-state index >= 15 is 0 Å². The smallest absolute Gasteiger partial charge is 0.263 e. The maximum Gasteiger partial charge on any atom is 0.263 e. The van der Waals surface area contributed by atoms with E-state index in [1.807, 2.05) is 6.07 Å². The molecule has 0 spiro atoms. The van der Waals surface area contributed by atoms with Gasteiger partial charge in [0.05, 0.1) is 6.61 Å². The molecule has 0 fully saturated rings. The van der Waals surface area contributed by atoms with Crippen LogP contribution in [0.15, 0.2) is 42.5 Å². The average molecular weight is 210 g/mol. The second-order valence-corrected chi connectivity index (χ2v) is 5.57. The molecule has 1 aliphatic rings. The van der Waals surface area contributed by atoms with Crippen LogP contribution in [0, 0.1) is 0 Å². The lowest BCUT2D eigenvalue weighted by atomic mass is 10.4. The number of hydrogen-bond donors (Lipinski definition) is 1. The molecule has 0 bridgehead atoms. The van der Waals surface area contributed by atoms with E-state index in [4.69, 9.17) is 4.52 Å². The predicted molar refractivity (Wildman–Crippen MR) is 54.8 cm³/mol. The molecule has 0 radical (unpaired) electrons. The summed E-state index contributed by atoms with van der Waals surface area (Å²) in [6, 6.07) is 8.82. The van der Waals surface area contributed by atoms with E-state index in [0.717, 1.165) is 0 Å². The maximum atomic E-state index is 12.2. The van der Waals surface area contributed by atoms with Crippen LogP contribution in [0.4, 0.5) is 0 Å². The SMILES string of the molecule is O=P1(c2ccccc2)OCC=CC1O. The molecule has 1 N–H and O–H groups in total. The van der Waals surface area contributed by atoms with Crippen LogP contribution >= 0.6 is 7.37 Å². The molecule has 1 aromatic carbocycles. The first-order chi connectivity index (χ1) is 6.73. The van der Waals surface area contributed by atoms with Crippen molar-refractivity contribution in [2.75, 3.05) is 6.61 Å². The molecular formula is C10H11O3P. The second kappa shape index (κ2) is 3.70. The lowest BCUT2D eigenvalue weighted by Gasteiger charge is -2.24. The van der Waals surface area contributed by atoms with Crippen molar-refractivity contribution in [3.63, 3.8) is 0 Å². The molecule has 1 aromatic rings. The van der Waals surface area contributed by atoms with Gasteiger partial charge in [0, 0.05) is 5.30 Å². The van der Waals surface area contributed by atoms with E-state index in [-0.39, 0.29) is 0 Å². The van der Waals surface area contributed by atoms with Gasteiger partial charge in [0.1, 0.15) is 0 Å². The van der Waals surface area contributed by atoms with Gasteiger partial charge in [0.25, 0.3) is 7.37 Å². The van der Waals surface area contributed by atoms with Crippen LogP contribution < -0.4 is 5.30 Å². The van der Waals surface area contributed by atoms with Gasteiger partial charge in [-0.3, -0.25) is 4.57 Å². The molecule has 0 saturated heterocycles. The second-order valence-electron chi connectivity index (χ2n) is 3.07. The Bertz CT molecular complexity index is 386. The number of aliphatic hydroxyl groups is 1. The van der Waals surface area contributed by atoms with Crippen molar-refractivity contribution in [2.45, 2.75) is 5.85 Å². The van der Waals surface area contributed by atoms with E-state index in [9.17, 15) is 9.67 Å². The lowest BCUT2D eigenvalue weighted by Crippen LogP contribution is -2.20. The molecule has 1 heterocycles. The van der Waals surface area contributed by atoms with Gasteiger partial charge in [0.15, 0.2) is 5.85 Å². The summed E-state index contributed by atoms with van der Waals surface area (Å²) in [6.07, 6.45) is 3.20. The van der Waals surface area contributed by atoms with E-state index in [1.54, 1.807) is 30.3 Å². The van der Waals surface area contributed by atoms with Gasteiger partial charge in [-0.2, -0.15) is 0 Å². The number of rotatable bonds is 1. The Labute approximate surface area is 82.5 Å². The van der Waals surface area contributed by atoms with Crippen LogP contribution in [0.5, 0.6) is 0 Å². The average Bonchev–Trinajstić information content (AvgIpc) is 2.24. The van der Waals surface area contributed by atoms with Crippen LogP contribution in [0.3, 0.4) is 0 Å². The summed E-state index contributed by atoms with van der Waals surface area (Å²) in [4.78, 5) is 0. The van der Waals surface area contributed by atoms with Crippen molar-refractivity contribution in [1.82, 2.24) is 0 Å². The summed E-state index contributed by atoms with van der Waals surface area (Å²) in [5, 5.41) is 10.2. The first-order valence-corrected chi connectivity index (χ1v) is 6.07. The van der Waals surface area contributed by atoms with Gasteiger partial charge in [-0.05, 0) is 18.2 Å². The third kappa shape index (κ3) is 1.55. The first-order valence-electron chi connectivity index (χ1n) is 4.38. The van der Waals surface area contributed by atoms with Crippen LogP contribution in [-0.2, 0) is 9.09 Å². The minimum atomic E-state index is -3.09. The summed E-state index contributed by atoms with van der Waals surface area (Å²) in [5.74, 6) is -1.02.